The molecule has 0 unspecified atom stereocenters. The van der Waals surface area contributed by atoms with Gasteiger partial charge < -0.3 is 41.3 Å². The van der Waals surface area contributed by atoms with Gasteiger partial charge in [0.05, 0.1) is 35.5 Å². The first-order chi connectivity index (χ1) is 16.3. The molecule has 2 aliphatic heterocycles. The standard InChI is InChI=1S/2C9H11NO4.C4H10O2S/c2*1-4-6(8(11)12)3-7(9(13)14)5(2)10-4;5-1-3-7-4-2-6/h2*10H,3H2,1-2H3,(H,11,12)(H,13,14);5-6H,1-4H2. The Morgan fingerprint density at radius 1 is 0.600 bits per heavy atom. The van der Waals surface area contributed by atoms with Crippen LogP contribution in [0, 0.1) is 0 Å². The lowest BCUT2D eigenvalue weighted by molar-refractivity contribution is -0.135. The number of hydrogen-bond donors (Lipinski definition) is 8. The second-order valence-electron chi connectivity index (χ2n) is 7.30. The summed E-state index contributed by atoms with van der Waals surface area (Å²) >= 11 is 1.55. The Hall–Kier alpha value is -3.29. The number of allylic oxidation sites excluding steroid dienone is 4. The number of aliphatic hydroxyl groups is 2. The van der Waals surface area contributed by atoms with E-state index in [9.17, 15) is 19.2 Å². The van der Waals surface area contributed by atoms with Crippen molar-refractivity contribution >= 4 is 35.6 Å². The van der Waals surface area contributed by atoms with Gasteiger partial charge >= 0.3 is 23.9 Å². The number of aliphatic carboxylic acids is 4. The van der Waals surface area contributed by atoms with E-state index in [1.54, 1.807) is 39.5 Å². The van der Waals surface area contributed by atoms with Gasteiger partial charge in [0.2, 0.25) is 0 Å². The predicted molar refractivity (Wildman–Crippen MR) is 128 cm³/mol. The molecule has 0 aliphatic carbocycles. The van der Waals surface area contributed by atoms with Crippen LogP contribution >= 0.6 is 11.8 Å². The van der Waals surface area contributed by atoms with Crippen LogP contribution in [-0.4, -0.2) is 79.2 Å². The summed E-state index contributed by atoms with van der Waals surface area (Å²) in [6.45, 7) is 6.89. The molecule has 35 heavy (non-hydrogen) atoms. The third-order valence-electron chi connectivity index (χ3n) is 4.77. The molecule has 0 aromatic heterocycles. The number of carboxylic acids is 4. The molecule has 0 aromatic carbocycles. The van der Waals surface area contributed by atoms with Gasteiger partial charge in [-0.3, -0.25) is 0 Å². The zero-order valence-corrected chi connectivity index (χ0v) is 20.8. The number of rotatable bonds is 8. The molecule has 13 heteroatoms. The van der Waals surface area contributed by atoms with E-state index in [1.807, 2.05) is 0 Å². The summed E-state index contributed by atoms with van der Waals surface area (Å²) in [6.07, 6.45) is -0.0648. The summed E-state index contributed by atoms with van der Waals surface area (Å²) in [5.74, 6) is -2.86. The van der Waals surface area contributed by atoms with Gasteiger partial charge in [-0.25, -0.2) is 19.2 Å². The maximum Gasteiger partial charge on any atom is 0.333 e. The van der Waals surface area contributed by atoms with Crippen molar-refractivity contribution in [2.45, 2.75) is 40.5 Å². The summed E-state index contributed by atoms with van der Waals surface area (Å²) < 4.78 is 0. The average molecular weight is 517 g/mol. The summed E-state index contributed by atoms with van der Waals surface area (Å²) in [6, 6.07) is 0. The highest BCUT2D eigenvalue weighted by Crippen LogP contribution is 2.23. The first kappa shape index (κ1) is 31.7. The van der Waals surface area contributed by atoms with Crippen molar-refractivity contribution < 1.29 is 49.8 Å². The first-order valence-corrected chi connectivity index (χ1v) is 11.5. The van der Waals surface area contributed by atoms with E-state index >= 15 is 0 Å². The van der Waals surface area contributed by atoms with Crippen molar-refractivity contribution in [2.24, 2.45) is 0 Å². The smallest absolute Gasteiger partial charge is 0.333 e. The molecule has 2 rings (SSSR count). The van der Waals surface area contributed by atoms with Crippen LogP contribution in [0.3, 0.4) is 0 Å². The third kappa shape index (κ3) is 10.7. The normalized spacial score (nSPS) is 15.3. The van der Waals surface area contributed by atoms with E-state index in [0.29, 0.717) is 22.8 Å². The molecule has 0 amide bonds. The summed E-state index contributed by atoms with van der Waals surface area (Å²) in [7, 11) is 0. The number of carboxylic acid groups (broad SMARTS) is 4. The summed E-state index contributed by atoms with van der Waals surface area (Å²) in [4.78, 5) is 42.9. The fraction of sp³-hybridized carbons (Fsp3) is 0.455. The molecule has 0 fully saturated rings. The maximum absolute atomic E-state index is 10.7. The molecule has 0 saturated carbocycles. The number of thioether (sulfide) groups is 1. The van der Waals surface area contributed by atoms with Crippen LogP contribution in [-0.2, 0) is 19.2 Å². The lowest BCUT2D eigenvalue weighted by atomic mass is 9.98. The molecule has 12 nitrogen and oxygen atoms in total. The van der Waals surface area contributed by atoms with E-state index in [-0.39, 0.29) is 48.3 Å². The van der Waals surface area contributed by atoms with Crippen molar-refractivity contribution in [1.29, 1.82) is 0 Å². The Morgan fingerprint density at radius 3 is 1.00 bits per heavy atom. The molecular formula is C22H32N2O10S. The molecule has 0 radical (unpaired) electrons. The Morgan fingerprint density at radius 2 is 0.829 bits per heavy atom. The van der Waals surface area contributed by atoms with E-state index in [2.05, 4.69) is 10.6 Å². The van der Waals surface area contributed by atoms with Gasteiger partial charge in [0.1, 0.15) is 0 Å². The van der Waals surface area contributed by atoms with Crippen LogP contribution in [0.25, 0.3) is 0 Å². The summed E-state index contributed by atoms with van der Waals surface area (Å²) in [5.41, 5.74) is 2.42. The van der Waals surface area contributed by atoms with Crippen LogP contribution < -0.4 is 10.6 Å². The zero-order valence-electron chi connectivity index (χ0n) is 20.0. The Bertz CT molecular complexity index is 819. The van der Waals surface area contributed by atoms with E-state index in [1.165, 1.54) is 0 Å². The Labute approximate surface area is 206 Å². The molecule has 0 atom stereocenters. The lowest BCUT2D eigenvalue weighted by Crippen LogP contribution is -2.24. The summed E-state index contributed by atoms with van der Waals surface area (Å²) in [5, 5.41) is 57.0. The van der Waals surface area contributed by atoms with E-state index < -0.39 is 23.9 Å². The fourth-order valence-electron chi connectivity index (χ4n) is 2.92. The monoisotopic (exact) mass is 516 g/mol. The van der Waals surface area contributed by atoms with E-state index in [0.717, 1.165) is 11.5 Å². The van der Waals surface area contributed by atoms with Gasteiger partial charge in [0.25, 0.3) is 0 Å². The molecule has 8 N–H and O–H groups in total. The van der Waals surface area contributed by atoms with Gasteiger partial charge in [-0.1, -0.05) is 0 Å². The minimum absolute atomic E-state index is 0.0324. The van der Waals surface area contributed by atoms with Crippen molar-refractivity contribution in [2.75, 3.05) is 24.7 Å². The highest BCUT2D eigenvalue weighted by Gasteiger charge is 2.25. The van der Waals surface area contributed by atoms with Crippen LogP contribution in [0.4, 0.5) is 0 Å². The largest absolute Gasteiger partial charge is 0.478 e. The minimum Gasteiger partial charge on any atom is -0.478 e. The second-order valence-corrected chi connectivity index (χ2v) is 8.52. The number of hydrogen-bond acceptors (Lipinski definition) is 9. The van der Waals surface area contributed by atoms with Gasteiger partial charge in [0, 0.05) is 47.1 Å². The third-order valence-corrected chi connectivity index (χ3v) is 5.71. The molecule has 196 valence electrons. The number of carbonyl (C=O) groups is 4. The van der Waals surface area contributed by atoms with Gasteiger partial charge in [-0.2, -0.15) is 11.8 Å². The Kier molecular flexibility index (Phi) is 14.1. The van der Waals surface area contributed by atoms with Crippen molar-refractivity contribution in [3.05, 3.63) is 45.1 Å². The highest BCUT2D eigenvalue weighted by atomic mass is 32.2. The fourth-order valence-corrected chi connectivity index (χ4v) is 3.39. The molecule has 0 saturated heterocycles. The van der Waals surface area contributed by atoms with Gasteiger partial charge in [0.15, 0.2) is 0 Å². The Balaban J connectivity index is 0.000000526. The van der Waals surface area contributed by atoms with Crippen LogP contribution in [0.15, 0.2) is 45.1 Å². The maximum atomic E-state index is 10.7. The van der Waals surface area contributed by atoms with Crippen molar-refractivity contribution in [3.8, 4) is 0 Å². The second kappa shape index (κ2) is 15.6. The molecule has 0 bridgehead atoms. The number of aliphatic hydroxyl groups excluding tert-OH is 2. The van der Waals surface area contributed by atoms with E-state index in [4.69, 9.17) is 30.6 Å². The first-order valence-electron chi connectivity index (χ1n) is 10.3. The lowest BCUT2D eigenvalue weighted by Gasteiger charge is -2.19. The molecular weight excluding hydrogens is 484 g/mol. The average Bonchev–Trinajstić information content (AvgIpc) is 2.74. The van der Waals surface area contributed by atoms with Crippen LogP contribution in [0.1, 0.15) is 40.5 Å². The number of dihydropyridines is 2. The van der Waals surface area contributed by atoms with Crippen LogP contribution in [0.5, 0.6) is 0 Å². The topological polar surface area (TPSA) is 214 Å². The zero-order chi connectivity index (χ0) is 27.3. The predicted octanol–water partition coefficient (Wildman–Crippen LogP) is 1.10. The quantitative estimate of drug-likeness (QED) is 0.212. The van der Waals surface area contributed by atoms with Crippen molar-refractivity contribution in [1.82, 2.24) is 10.6 Å². The minimum atomic E-state index is -1.08. The highest BCUT2D eigenvalue weighted by molar-refractivity contribution is 7.99. The van der Waals surface area contributed by atoms with Gasteiger partial charge in [-0.15, -0.1) is 0 Å². The number of nitrogens with one attached hydrogen (secondary N) is 2. The van der Waals surface area contributed by atoms with Crippen LogP contribution in [0.2, 0.25) is 0 Å². The molecule has 2 aliphatic rings. The SMILES string of the molecule is CC1=C(C(=O)O)CC(C(=O)O)=C(C)N1.CC1=C(C(=O)O)CC(C(=O)O)=C(C)N1.OCCSCCO. The molecule has 0 aromatic rings. The molecule has 0 spiro atoms. The molecule has 2 heterocycles. The van der Waals surface area contributed by atoms with Crippen molar-refractivity contribution in [3.63, 3.8) is 0 Å². The van der Waals surface area contributed by atoms with Gasteiger partial charge in [-0.05, 0) is 27.7 Å².